The van der Waals surface area contributed by atoms with Gasteiger partial charge >= 0.3 is 11.0 Å². The first-order valence-electron chi connectivity index (χ1n) is 6.72. The predicted octanol–water partition coefficient (Wildman–Crippen LogP) is 2.43. The molecule has 114 valence electrons. The van der Waals surface area contributed by atoms with Crippen molar-refractivity contribution >= 4 is 28.2 Å². The number of thiophene rings is 1. The summed E-state index contributed by atoms with van der Waals surface area (Å²) >= 11 is 0.944. The van der Waals surface area contributed by atoms with Gasteiger partial charge < -0.3 is 10.0 Å². The molecular weight excluding hydrogens is 296 g/mol. The third-order valence-corrected chi connectivity index (χ3v) is 4.68. The van der Waals surface area contributed by atoms with Crippen LogP contribution in [0.5, 0.6) is 0 Å². The molecule has 0 aliphatic carbocycles. The lowest BCUT2D eigenvalue weighted by Gasteiger charge is -2.38. The van der Waals surface area contributed by atoms with Gasteiger partial charge in [0.2, 0.25) is 5.91 Å². The first-order chi connectivity index (χ1) is 9.95. The Morgan fingerprint density at radius 1 is 1.57 bits per heavy atom. The number of carboxylic acids is 1. The lowest BCUT2D eigenvalue weighted by atomic mass is 9.87. The Kier molecular flexibility index (Phi) is 4.56. The first-order valence-corrected chi connectivity index (χ1v) is 7.53. The van der Waals surface area contributed by atoms with Crippen LogP contribution in [0.4, 0.5) is 5.00 Å². The van der Waals surface area contributed by atoms with Gasteiger partial charge in [-0.1, -0.05) is 18.3 Å². The molecule has 1 aliphatic rings. The molecule has 1 saturated heterocycles. The molecule has 21 heavy (non-hydrogen) atoms. The number of likely N-dealkylation sites (tertiary alicyclic amines) is 1. The molecule has 1 aromatic rings. The maximum atomic E-state index is 12.1. The molecule has 7 nitrogen and oxygen atoms in total. The van der Waals surface area contributed by atoms with E-state index in [2.05, 4.69) is 0 Å². The van der Waals surface area contributed by atoms with Crippen LogP contribution in [0.2, 0.25) is 0 Å². The highest BCUT2D eigenvalue weighted by atomic mass is 32.1. The minimum Gasteiger partial charge on any atom is -0.481 e. The standard InChI is InChI=1S/C13H16N2O5S/c1-2-7-14-10(16)5-3-8(13(17)18)12(14)9-4-6-11(21-9)15(19)20/h4,6,8,12H,2-3,5,7H2,1H3,(H,17,18). The van der Waals surface area contributed by atoms with Gasteiger partial charge in [0.1, 0.15) is 0 Å². The largest absolute Gasteiger partial charge is 0.481 e. The van der Waals surface area contributed by atoms with Gasteiger partial charge in [0.15, 0.2) is 0 Å². The van der Waals surface area contributed by atoms with E-state index < -0.39 is 22.9 Å². The van der Waals surface area contributed by atoms with E-state index in [4.69, 9.17) is 0 Å². The van der Waals surface area contributed by atoms with E-state index in [1.54, 1.807) is 11.0 Å². The Hall–Kier alpha value is -1.96. The van der Waals surface area contributed by atoms with Gasteiger partial charge in [-0.2, -0.15) is 0 Å². The maximum Gasteiger partial charge on any atom is 0.324 e. The molecule has 2 atom stereocenters. The monoisotopic (exact) mass is 312 g/mol. The van der Waals surface area contributed by atoms with E-state index in [9.17, 15) is 24.8 Å². The van der Waals surface area contributed by atoms with Crippen molar-refractivity contribution in [3.8, 4) is 0 Å². The van der Waals surface area contributed by atoms with E-state index in [0.29, 0.717) is 17.8 Å². The van der Waals surface area contributed by atoms with Gasteiger partial charge in [-0.05, 0) is 18.9 Å². The van der Waals surface area contributed by atoms with Crippen molar-refractivity contribution in [2.45, 2.75) is 32.2 Å². The van der Waals surface area contributed by atoms with Crippen LogP contribution in [-0.2, 0) is 9.59 Å². The van der Waals surface area contributed by atoms with Gasteiger partial charge in [-0.3, -0.25) is 19.7 Å². The number of carbonyl (C=O) groups is 2. The molecule has 0 aromatic carbocycles. The van der Waals surface area contributed by atoms with Crippen LogP contribution in [0.15, 0.2) is 12.1 Å². The summed E-state index contributed by atoms with van der Waals surface area (Å²) in [6.07, 6.45) is 1.19. The van der Waals surface area contributed by atoms with Gasteiger partial charge in [-0.25, -0.2) is 0 Å². The predicted molar refractivity (Wildman–Crippen MR) is 76.1 cm³/mol. The molecule has 0 saturated carbocycles. The van der Waals surface area contributed by atoms with Crippen LogP contribution in [0.25, 0.3) is 0 Å². The molecule has 1 amide bonds. The minimum atomic E-state index is -0.968. The Bertz CT molecular complexity index is 571. The van der Waals surface area contributed by atoms with Crippen LogP contribution >= 0.6 is 11.3 Å². The summed E-state index contributed by atoms with van der Waals surface area (Å²) in [5.41, 5.74) is 0. The van der Waals surface area contributed by atoms with Gasteiger partial charge in [0.05, 0.1) is 16.9 Å². The van der Waals surface area contributed by atoms with Crippen LogP contribution in [0.3, 0.4) is 0 Å². The lowest BCUT2D eigenvalue weighted by Crippen LogP contribution is -2.45. The van der Waals surface area contributed by atoms with Crippen LogP contribution in [-0.4, -0.2) is 33.4 Å². The second kappa shape index (κ2) is 6.21. The number of rotatable bonds is 5. The number of amides is 1. The van der Waals surface area contributed by atoms with Crippen molar-refractivity contribution in [2.75, 3.05) is 6.54 Å². The third kappa shape index (κ3) is 3.05. The number of carboxylic acid groups (broad SMARTS) is 1. The third-order valence-electron chi connectivity index (χ3n) is 3.57. The maximum absolute atomic E-state index is 12.1. The highest BCUT2D eigenvalue weighted by Crippen LogP contribution is 2.41. The molecule has 8 heteroatoms. The highest BCUT2D eigenvalue weighted by molar-refractivity contribution is 7.15. The second-order valence-electron chi connectivity index (χ2n) is 4.95. The van der Waals surface area contributed by atoms with Crippen molar-refractivity contribution in [1.29, 1.82) is 0 Å². The average Bonchev–Trinajstić information content (AvgIpc) is 2.90. The summed E-state index contributed by atoms with van der Waals surface area (Å²) in [5, 5.41) is 20.2. The van der Waals surface area contributed by atoms with Crippen molar-refractivity contribution in [1.82, 2.24) is 4.90 Å². The molecule has 0 radical (unpaired) electrons. The lowest BCUT2D eigenvalue weighted by molar-refractivity contribution is -0.380. The van der Waals surface area contributed by atoms with Gasteiger partial charge in [0, 0.05) is 23.9 Å². The molecule has 2 rings (SSSR count). The van der Waals surface area contributed by atoms with Crippen LogP contribution < -0.4 is 0 Å². The Labute approximate surface area is 125 Å². The topological polar surface area (TPSA) is 101 Å². The van der Waals surface area contributed by atoms with E-state index in [-0.39, 0.29) is 23.7 Å². The van der Waals surface area contributed by atoms with E-state index in [0.717, 1.165) is 11.3 Å². The second-order valence-corrected chi connectivity index (χ2v) is 6.04. The Morgan fingerprint density at radius 3 is 2.81 bits per heavy atom. The summed E-state index contributed by atoms with van der Waals surface area (Å²) < 4.78 is 0. The van der Waals surface area contributed by atoms with Crippen molar-refractivity contribution in [3.05, 3.63) is 27.1 Å². The Balaban J connectivity index is 2.40. The first kappa shape index (κ1) is 15.4. The highest BCUT2D eigenvalue weighted by Gasteiger charge is 2.41. The quantitative estimate of drug-likeness (QED) is 0.664. The number of carbonyl (C=O) groups excluding carboxylic acids is 1. The number of nitro groups is 1. The van der Waals surface area contributed by atoms with Crippen molar-refractivity contribution in [2.24, 2.45) is 5.92 Å². The van der Waals surface area contributed by atoms with Crippen LogP contribution in [0, 0.1) is 16.0 Å². The summed E-state index contributed by atoms with van der Waals surface area (Å²) in [4.78, 5) is 36.0. The number of hydrogen-bond donors (Lipinski definition) is 1. The van der Waals surface area contributed by atoms with E-state index in [1.807, 2.05) is 6.92 Å². The molecule has 0 spiro atoms. The zero-order valence-corrected chi connectivity index (χ0v) is 12.3. The van der Waals surface area contributed by atoms with E-state index >= 15 is 0 Å². The van der Waals surface area contributed by atoms with Crippen molar-refractivity contribution in [3.63, 3.8) is 0 Å². The number of aliphatic carboxylic acids is 1. The average molecular weight is 312 g/mol. The summed E-state index contributed by atoms with van der Waals surface area (Å²) in [7, 11) is 0. The molecule has 2 unspecified atom stereocenters. The Morgan fingerprint density at radius 2 is 2.29 bits per heavy atom. The number of piperidine rings is 1. The fourth-order valence-electron chi connectivity index (χ4n) is 2.67. The SMILES string of the molecule is CCCN1C(=O)CCC(C(=O)O)C1c1ccc([N+](=O)[O-])s1. The molecule has 2 heterocycles. The summed E-state index contributed by atoms with van der Waals surface area (Å²) in [6, 6.07) is 2.31. The molecule has 1 fully saturated rings. The molecule has 1 N–H and O–H groups in total. The molecule has 1 aliphatic heterocycles. The van der Waals surface area contributed by atoms with Gasteiger partial charge in [-0.15, -0.1) is 0 Å². The number of hydrogen-bond acceptors (Lipinski definition) is 5. The zero-order chi connectivity index (χ0) is 15.6. The summed E-state index contributed by atoms with van der Waals surface area (Å²) in [5.74, 6) is -1.77. The summed E-state index contributed by atoms with van der Waals surface area (Å²) in [6.45, 7) is 2.37. The number of nitrogens with zero attached hydrogens (tertiary/aromatic N) is 2. The van der Waals surface area contributed by atoms with Crippen molar-refractivity contribution < 1.29 is 19.6 Å². The molecule has 1 aromatic heterocycles. The normalized spacial score (nSPS) is 22.3. The minimum absolute atomic E-state index is 0.0383. The van der Waals surface area contributed by atoms with Gasteiger partial charge in [0.25, 0.3) is 0 Å². The van der Waals surface area contributed by atoms with E-state index in [1.165, 1.54) is 6.07 Å². The fraction of sp³-hybridized carbons (Fsp3) is 0.538. The molecular formula is C13H16N2O5S. The zero-order valence-electron chi connectivity index (χ0n) is 11.5. The van der Waals surface area contributed by atoms with Crippen LogP contribution in [0.1, 0.15) is 37.1 Å². The smallest absolute Gasteiger partial charge is 0.324 e. The fourth-order valence-corrected chi connectivity index (χ4v) is 3.67. The molecule has 0 bridgehead atoms.